The van der Waals surface area contributed by atoms with Crippen molar-refractivity contribution in [2.24, 2.45) is 0 Å². The molecule has 0 aliphatic carbocycles. The first-order valence-corrected chi connectivity index (χ1v) is 9.52. The molecule has 0 aliphatic heterocycles. The lowest BCUT2D eigenvalue weighted by Gasteiger charge is -2.30. The fourth-order valence-corrected chi connectivity index (χ4v) is 4.13. The number of nitro groups is 1. The molecule has 1 heterocycles. The van der Waals surface area contributed by atoms with Crippen LogP contribution in [0.4, 0.5) is 0 Å². The highest BCUT2D eigenvalue weighted by Gasteiger charge is 2.51. The van der Waals surface area contributed by atoms with Crippen molar-refractivity contribution in [3.8, 4) is 0 Å². The smallest absolute Gasteiger partial charge is 0.244 e. The molecule has 25 heavy (non-hydrogen) atoms. The van der Waals surface area contributed by atoms with Crippen LogP contribution in [0.1, 0.15) is 44.1 Å². The van der Waals surface area contributed by atoms with Gasteiger partial charge in [-0.25, -0.2) is 8.42 Å². The van der Waals surface area contributed by atoms with Crippen LogP contribution in [0.3, 0.4) is 0 Å². The highest BCUT2D eigenvalue weighted by Crippen LogP contribution is 2.36. The van der Waals surface area contributed by atoms with Gasteiger partial charge in [0.25, 0.3) is 0 Å². The van der Waals surface area contributed by atoms with Gasteiger partial charge in [-0.2, -0.15) is 4.72 Å². The fraction of sp³-hybridized carbons (Fsp3) is 0.412. The summed E-state index contributed by atoms with van der Waals surface area (Å²) in [5.41, 5.74) is -0.585. The summed E-state index contributed by atoms with van der Waals surface area (Å²) in [7, 11) is -3.95. The summed E-state index contributed by atoms with van der Waals surface area (Å²) in [5.74, 6) is 0.219. The number of rotatable bonds is 8. The standard InChI is InChI=1S/C17H22N2O5S/c1-4-17(5-2,19(20)21)16(15-7-6-12-24-15)18-25(22,23)14-10-8-13(3)9-11-14/h6-12,16,18H,4-5H2,1-3H3. The van der Waals surface area contributed by atoms with Crippen molar-refractivity contribution < 1.29 is 17.8 Å². The molecular formula is C17H22N2O5S. The number of furan rings is 1. The molecule has 2 aromatic rings. The Labute approximate surface area is 147 Å². The molecular weight excluding hydrogens is 344 g/mol. The maximum atomic E-state index is 12.8. The van der Waals surface area contributed by atoms with Gasteiger partial charge in [0.1, 0.15) is 11.8 Å². The summed E-state index contributed by atoms with van der Waals surface area (Å²) < 4.78 is 33.4. The highest BCUT2D eigenvalue weighted by atomic mass is 32.2. The molecule has 7 nitrogen and oxygen atoms in total. The quantitative estimate of drug-likeness (QED) is 0.569. The minimum atomic E-state index is -3.95. The number of nitrogens with one attached hydrogen (secondary N) is 1. The Hall–Kier alpha value is -2.19. The van der Waals surface area contributed by atoms with Crippen LogP contribution in [0.25, 0.3) is 0 Å². The number of hydrogen-bond donors (Lipinski definition) is 1. The van der Waals surface area contributed by atoms with Crippen molar-refractivity contribution in [1.29, 1.82) is 0 Å². The molecule has 1 N–H and O–H groups in total. The van der Waals surface area contributed by atoms with Crippen molar-refractivity contribution in [3.05, 3.63) is 64.1 Å². The molecule has 0 amide bonds. The SMILES string of the molecule is CCC(CC)(C(NS(=O)(=O)c1ccc(C)cc1)c1ccco1)[N+](=O)[O-]. The Kier molecular flexibility index (Phi) is 5.64. The molecule has 0 saturated heterocycles. The monoisotopic (exact) mass is 366 g/mol. The first kappa shape index (κ1) is 19.1. The lowest BCUT2D eigenvalue weighted by molar-refractivity contribution is -0.577. The van der Waals surface area contributed by atoms with E-state index in [1.807, 2.05) is 6.92 Å². The molecule has 8 heteroatoms. The number of hydrogen-bond acceptors (Lipinski definition) is 5. The molecule has 0 fully saturated rings. The molecule has 0 saturated carbocycles. The Morgan fingerprint density at radius 1 is 1.20 bits per heavy atom. The van der Waals surface area contributed by atoms with E-state index in [2.05, 4.69) is 4.72 Å². The van der Waals surface area contributed by atoms with E-state index in [0.29, 0.717) is 0 Å². The third kappa shape index (κ3) is 3.74. The Bertz CT molecular complexity index is 809. The Morgan fingerprint density at radius 3 is 2.24 bits per heavy atom. The number of sulfonamides is 1. The zero-order chi connectivity index (χ0) is 18.7. The van der Waals surface area contributed by atoms with E-state index >= 15 is 0 Å². The van der Waals surface area contributed by atoms with Gasteiger partial charge in [0.05, 0.1) is 11.2 Å². The van der Waals surface area contributed by atoms with E-state index in [1.165, 1.54) is 18.4 Å². The second-order valence-electron chi connectivity index (χ2n) is 5.95. The molecule has 1 aromatic heterocycles. The summed E-state index contributed by atoms with van der Waals surface area (Å²) in [6, 6.07) is 8.32. The van der Waals surface area contributed by atoms with Crippen molar-refractivity contribution in [2.75, 3.05) is 0 Å². The second kappa shape index (κ2) is 7.37. The molecule has 0 aliphatic rings. The van der Waals surface area contributed by atoms with Crippen LogP contribution in [-0.2, 0) is 10.0 Å². The largest absolute Gasteiger partial charge is 0.467 e. The molecule has 0 radical (unpaired) electrons. The summed E-state index contributed by atoms with van der Waals surface area (Å²) in [5, 5.41) is 11.8. The van der Waals surface area contributed by atoms with Crippen LogP contribution in [0.2, 0.25) is 0 Å². The van der Waals surface area contributed by atoms with Crippen LogP contribution in [0, 0.1) is 17.0 Å². The Morgan fingerprint density at radius 2 is 1.80 bits per heavy atom. The van der Waals surface area contributed by atoms with Gasteiger partial charge in [-0.05, 0) is 31.2 Å². The molecule has 1 unspecified atom stereocenters. The number of aryl methyl sites for hydroxylation is 1. The van der Waals surface area contributed by atoms with Gasteiger partial charge in [-0.3, -0.25) is 10.1 Å². The maximum absolute atomic E-state index is 12.8. The molecule has 136 valence electrons. The number of nitrogens with zero attached hydrogens (tertiary/aromatic N) is 1. The van der Waals surface area contributed by atoms with Gasteiger partial charge < -0.3 is 4.42 Å². The van der Waals surface area contributed by atoms with Crippen molar-refractivity contribution in [2.45, 2.75) is 50.1 Å². The van der Waals surface area contributed by atoms with Crippen LogP contribution in [-0.4, -0.2) is 18.9 Å². The van der Waals surface area contributed by atoms with Gasteiger partial charge in [0.15, 0.2) is 0 Å². The summed E-state index contributed by atoms with van der Waals surface area (Å²) in [4.78, 5) is 11.5. The summed E-state index contributed by atoms with van der Waals surface area (Å²) in [6.07, 6.45) is 1.68. The average Bonchev–Trinajstić information content (AvgIpc) is 3.09. The predicted octanol–water partition coefficient (Wildman–Crippen LogP) is 3.44. The van der Waals surface area contributed by atoms with E-state index in [0.717, 1.165) is 5.56 Å². The molecule has 1 aromatic carbocycles. The van der Waals surface area contributed by atoms with Crippen molar-refractivity contribution in [3.63, 3.8) is 0 Å². The van der Waals surface area contributed by atoms with E-state index in [4.69, 9.17) is 4.42 Å². The first-order valence-electron chi connectivity index (χ1n) is 8.03. The van der Waals surface area contributed by atoms with Crippen molar-refractivity contribution >= 4 is 10.0 Å². The highest BCUT2D eigenvalue weighted by molar-refractivity contribution is 7.89. The summed E-state index contributed by atoms with van der Waals surface area (Å²) >= 11 is 0. The van der Waals surface area contributed by atoms with Crippen molar-refractivity contribution in [1.82, 2.24) is 4.72 Å². The van der Waals surface area contributed by atoms with E-state index in [9.17, 15) is 18.5 Å². The molecule has 0 bridgehead atoms. The minimum absolute atomic E-state index is 0.0547. The van der Waals surface area contributed by atoms with Crippen LogP contribution in [0.5, 0.6) is 0 Å². The third-order valence-electron chi connectivity index (χ3n) is 4.56. The van der Waals surface area contributed by atoms with Gasteiger partial charge in [0, 0.05) is 17.8 Å². The van der Waals surface area contributed by atoms with Crippen LogP contribution >= 0.6 is 0 Å². The maximum Gasteiger partial charge on any atom is 0.244 e. The number of benzene rings is 1. The zero-order valence-corrected chi connectivity index (χ0v) is 15.2. The zero-order valence-electron chi connectivity index (χ0n) is 14.4. The predicted molar refractivity (Wildman–Crippen MR) is 93.3 cm³/mol. The third-order valence-corrected chi connectivity index (χ3v) is 6.00. The molecule has 1 atom stereocenters. The Balaban J connectivity index is 2.50. The van der Waals surface area contributed by atoms with Gasteiger partial charge >= 0.3 is 0 Å². The van der Waals surface area contributed by atoms with Crippen LogP contribution in [0.15, 0.2) is 52.0 Å². The lowest BCUT2D eigenvalue weighted by atomic mass is 9.84. The molecule has 0 spiro atoms. The van der Waals surface area contributed by atoms with Gasteiger partial charge in [0.2, 0.25) is 15.6 Å². The van der Waals surface area contributed by atoms with E-state index < -0.39 is 26.5 Å². The van der Waals surface area contributed by atoms with E-state index in [-0.39, 0.29) is 23.5 Å². The minimum Gasteiger partial charge on any atom is -0.467 e. The fourth-order valence-electron chi connectivity index (χ4n) is 2.85. The first-order chi connectivity index (χ1) is 11.8. The van der Waals surface area contributed by atoms with Gasteiger partial charge in [-0.15, -0.1) is 0 Å². The van der Waals surface area contributed by atoms with Gasteiger partial charge in [-0.1, -0.05) is 31.5 Å². The molecule has 2 rings (SSSR count). The van der Waals surface area contributed by atoms with E-state index in [1.54, 1.807) is 38.1 Å². The average molecular weight is 366 g/mol. The topological polar surface area (TPSA) is 102 Å². The van der Waals surface area contributed by atoms with Crippen LogP contribution < -0.4 is 4.72 Å². The second-order valence-corrected chi connectivity index (χ2v) is 7.66. The lowest BCUT2D eigenvalue weighted by Crippen LogP contribution is -2.50. The summed E-state index contributed by atoms with van der Waals surface area (Å²) in [6.45, 7) is 5.19. The normalized spacial score (nSPS) is 13.6.